The van der Waals surface area contributed by atoms with Crippen LogP contribution in [0.1, 0.15) is 5.82 Å². The van der Waals surface area contributed by atoms with Crippen LogP contribution in [0.4, 0.5) is 5.82 Å². The van der Waals surface area contributed by atoms with E-state index in [2.05, 4.69) is 32.3 Å². The number of hydrogen-bond donors (Lipinski definition) is 1. The number of anilines is 1. The molecule has 0 unspecified atom stereocenters. The molecule has 1 aliphatic rings. The second-order valence-electron chi connectivity index (χ2n) is 6.38. The Balaban J connectivity index is 1.62. The Hall–Kier alpha value is -2.51. The van der Waals surface area contributed by atoms with Gasteiger partial charge in [-0.25, -0.2) is 14.6 Å². The fourth-order valence-electron chi connectivity index (χ4n) is 3.11. The van der Waals surface area contributed by atoms with E-state index in [0.29, 0.717) is 6.54 Å². The molecule has 25 heavy (non-hydrogen) atoms. The van der Waals surface area contributed by atoms with Gasteiger partial charge in [-0.3, -0.25) is 0 Å². The van der Waals surface area contributed by atoms with Crippen LogP contribution < -0.4 is 5.32 Å². The van der Waals surface area contributed by atoms with Crippen molar-refractivity contribution >= 4 is 16.9 Å². The lowest BCUT2D eigenvalue weighted by Gasteiger charge is -2.30. The molecule has 7 nitrogen and oxygen atoms in total. The molecular weight excluding hydrogens is 316 g/mol. The number of aryl methyl sites for hydroxylation is 1. The summed E-state index contributed by atoms with van der Waals surface area (Å²) >= 11 is 0. The first kappa shape index (κ1) is 16.0. The lowest BCUT2D eigenvalue weighted by molar-refractivity contribution is -0.0117. The lowest BCUT2D eigenvalue weighted by atomic mass is 10.2. The summed E-state index contributed by atoms with van der Waals surface area (Å²) in [6, 6.07) is 10.0. The van der Waals surface area contributed by atoms with Gasteiger partial charge in [0.2, 0.25) is 0 Å². The first-order valence-corrected chi connectivity index (χ1v) is 8.52. The summed E-state index contributed by atoms with van der Waals surface area (Å²) < 4.78 is 7.67. The monoisotopic (exact) mass is 338 g/mol. The summed E-state index contributed by atoms with van der Waals surface area (Å²) in [5, 5.41) is 8.85. The number of nitrogens with one attached hydrogen (secondary N) is 1. The smallest absolute Gasteiger partial charge is 0.168 e. The Bertz CT molecular complexity index is 863. The average Bonchev–Trinajstić information content (AvgIpc) is 3.04. The van der Waals surface area contributed by atoms with Crippen LogP contribution in [0.3, 0.4) is 0 Å². The molecule has 4 rings (SSSR count). The molecule has 1 saturated heterocycles. The van der Waals surface area contributed by atoms with Crippen LogP contribution in [0.2, 0.25) is 0 Å². The number of para-hydroxylation sites is 1. The maximum absolute atomic E-state index is 5.82. The van der Waals surface area contributed by atoms with E-state index in [1.807, 2.05) is 48.1 Å². The molecule has 0 bridgehead atoms. The van der Waals surface area contributed by atoms with Crippen molar-refractivity contribution in [1.29, 1.82) is 0 Å². The van der Waals surface area contributed by atoms with Gasteiger partial charge in [0.25, 0.3) is 0 Å². The Morgan fingerprint density at radius 1 is 1.24 bits per heavy atom. The molecule has 1 atom stereocenters. The zero-order valence-corrected chi connectivity index (χ0v) is 14.5. The highest BCUT2D eigenvalue weighted by atomic mass is 16.5. The topological polar surface area (TPSA) is 68.1 Å². The SMILES string of the molecule is Cc1nc(NC[C@@H]2CN(C)CCO2)c2cnn(-c3ccccc3)c2n1. The second-order valence-corrected chi connectivity index (χ2v) is 6.38. The largest absolute Gasteiger partial charge is 0.374 e. The number of fused-ring (bicyclic) bond motifs is 1. The summed E-state index contributed by atoms with van der Waals surface area (Å²) in [7, 11) is 2.12. The fourth-order valence-corrected chi connectivity index (χ4v) is 3.11. The van der Waals surface area contributed by atoms with Crippen molar-refractivity contribution in [1.82, 2.24) is 24.6 Å². The van der Waals surface area contributed by atoms with Crippen LogP contribution in [0.25, 0.3) is 16.7 Å². The molecule has 1 aliphatic heterocycles. The Kier molecular flexibility index (Phi) is 4.33. The minimum Gasteiger partial charge on any atom is -0.374 e. The lowest BCUT2D eigenvalue weighted by Crippen LogP contribution is -2.43. The number of nitrogens with zero attached hydrogens (tertiary/aromatic N) is 5. The average molecular weight is 338 g/mol. The van der Waals surface area contributed by atoms with E-state index >= 15 is 0 Å². The number of morpholine rings is 1. The van der Waals surface area contributed by atoms with Crippen molar-refractivity contribution in [3.63, 3.8) is 0 Å². The van der Waals surface area contributed by atoms with E-state index in [1.165, 1.54) is 0 Å². The van der Waals surface area contributed by atoms with E-state index < -0.39 is 0 Å². The van der Waals surface area contributed by atoms with Crippen LogP contribution >= 0.6 is 0 Å². The molecule has 2 aromatic heterocycles. The number of rotatable bonds is 4. The first-order chi connectivity index (χ1) is 12.2. The van der Waals surface area contributed by atoms with Crippen LogP contribution in [-0.2, 0) is 4.74 Å². The van der Waals surface area contributed by atoms with E-state index in [4.69, 9.17) is 4.74 Å². The van der Waals surface area contributed by atoms with Gasteiger partial charge in [0.15, 0.2) is 5.65 Å². The normalized spacial score (nSPS) is 18.6. The highest BCUT2D eigenvalue weighted by Gasteiger charge is 2.19. The molecule has 3 aromatic rings. The predicted octanol–water partition coefficient (Wildman–Crippen LogP) is 1.87. The zero-order valence-electron chi connectivity index (χ0n) is 14.5. The molecule has 1 N–H and O–H groups in total. The quantitative estimate of drug-likeness (QED) is 0.783. The number of likely N-dealkylation sites (N-methyl/N-ethyl adjacent to an activating group) is 1. The molecule has 0 saturated carbocycles. The molecule has 7 heteroatoms. The fraction of sp³-hybridized carbons (Fsp3) is 0.389. The molecule has 1 fully saturated rings. The third kappa shape index (κ3) is 3.33. The van der Waals surface area contributed by atoms with E-state index in [1.54, 1.807) is 0 Å². The van der Waals surface area contributed by atoms with Crippen LogP contribution in [-0.4, -0.2) is 64.0 Å². The van der Waals surface area contributed by atoms with E-state index in [0.717, 1.165) is 48.1 Å². The second kappa shape index (κ2) is 6.78. The summed E-state index contributed by atoms with van der Waals surface area (Å²) in [4.78, 5) is 11.4. The van der Waals surface area contributed by atoms with Gasteiger partial charge < -0.3 is 15.0 Å². The van der Waals surface area contributed by atoms with Crippen LogP contribution in [0, 0.1) is 6.92 Å². The summed E-state index contributed by atoms with van der Waals surface area (Å²) in [5.74, 6) is 1.52. The highest BCUT2D eigenvalue weighted by molar-refractivity contribution is 5.87. The molecule has 0 spiro atoms. The standard InChI is InChI=1S/C18H22N6O/c1-13-21-17(19-10-15-12-23(2)8-9-25-15)16-11-20-24(18(16)22-13)14-6-4-3-5-7-14/h3-7,11,15H,8-10,12H2,1-2H3,(H,19,21,22)/t15-/m1/s1. The number of ether oxygens (including phenoxy) is 1. The van der Waals surface area contributed by atoms with Crippen molar-refractivity contribution in [2.45, 2.75) is 13.0 Å². The Morgan fingerprint density at radius 3 is 2.88 bits per heavy atom. The van der Waals surface area contributed by atoms with Gasteiger partial charge in [-0.15, -0.1) is 0 Å². The Morgan fingerprint density at radius 2 is 2.08 bits per heavy atom. The molecule has 0 radical (unpaired) electrons. The number of aromatic nitrogens is 4. The predicted molar refractivity (Wildman–Crippen MR) is 97.1 cm³/mol. The van der Waals surface area contributed by atoms with Crippen molar-refractivity contribution in [3.8, 4) is 5.69 Å². The summed E-state index contributed by atoms with van der Waals surface area (Å²) in [6.45, 7) is 5.29. The third-order valence-electron chi connectivity index (χ3n) is 4.38. The molecule has 130 valence electrons. The molecule has 1 aromatic carbocycles. The molecular formula is C18H22N6O. The number of benzene rings is 1. The molecule has 0 amide bonds. The van der Waals surface area contributed by atoms with Gasteiger partial charge in [0.1, 0.15) is 11.6 Å². The van der Waals surface area contributed by atoms with Crippen molar-refractivity contribution < 1.29 is 4.74 Å². The van der Waals surface area contributed by atoms with E-state index in [9.17, 15) is 0 Å². The maximum Gasteiger partial charge on any atom is 0.168 e. The van der Waals surface area contributed by atoms with Gasteiger partial charge in [-0.05, 0) is 26.1 Å². The molecule has 3 heterocycles. The van der Waals surface area contributed by atoms with E-state index in [-0.39, 0.29) is 6.10 Å². The summed E-state index contributed by atoms with van der Waals surface area (Å²) in [5.41, 5.74) is 1.79. The van der Waals surface area contributed by atoms with Crippen LogP contribution in [0.5, 0.6) is 0 Å². The van der Waals surface area contributed by atoms with Crippen molar-refractivity contribution in [2.24, 2.45) is 0 Å². The van der Waals surface area contributed by atoms with Gasteiger partial charge in [0.05, 0.1) is 30.0 Å². The minimum atomic E-state index is 0.160. The van der Waals surface area contributed by atoms with Gasteiger partial charge in [-0.1, -0.05) is 18.2 Å². The van der Waals surface area contributed by atoms with Gasteiger partial charge in [0, 0.05) is 19.6 Å². The van der Waals surface area contributed by atoms with Crippen LogP contribution in [0.15, 0.2) is 36.5 Å². The maximum atomic E-state index is 5.82. The third-order valence-corrected chi connectivity index (χ3v) is 4.38. The number of hydrogen-bond acceptors (Lipinski definition) is 6. The zero-order chi connectivity index (χ0) is 17.2. The molecule has 0 aliphatic carbocycles. The van der Waals surface area contributed by atoms with Gasteiger partial charge >= 0.3 is 0 Å². The Labute approximate surface area is 146 Å². The highest BCUT2D eigenvalue weighted by Crippen LogP contribution is 2.22. The minimum absolute atomic E-state index is 0.160. The van der Waals surface area contributed by atoms with Gasteiger partial charge in [-0.2, -0.15) is 5.10 Å². The first-order valence-electron chi connectivity index (χ1n) is 8.52. The van der Waals surface area contributed by atoms with Crippen molar-refractivity contribution in [3.05, 3.63) is 42.4 Å². The van der Waals surface area contributed by atoms with Crippen molar-refractivity contribution in [2.75, 3.05) is 38.6 Å². The summed E-state index contributed by atoms with van der Waals surface area (Å²) in [6.07, 6.45) is 1.98.